The smallest absolute Gasteiger partial charge is 0.238 e. The van der Waals surface area contributed by atoms with E-state index in [1.165, 1.54) is 60.0 Å². The minimum absolute atomic E-state index is 0.0838. The van der Waals surface area contributed by atoms with Crippen molar-refractivity contribution in [2.24, 2.45) is 0 Å². The summed E-state index contributed by atoms with van der Waals surface area (Å²) in [5.41, 5.74) is 9.17. The molecule has 0 amide bonds. The Labute approximate surface area is 300 Å². The molecule has 0 saturated carbocycles. The van der Waals surface area contributed by atoms with Crippen LogP contribution in [-0.4, -0.2) is 19.5 Å². The van der Waals surface area contributed by atoms with Crippen molar-refractivity contribution in [3.05, 3.63) is 169 Å². The molecule has 1 aliphatic carbocycles. The van der Waals surface area contributed by atoms with Gasteiger partial charge < -0.3 is 0 Å². The van der Waals surface area contributed by atoms with Gasteiger partial charge in [-0.25, -0.2) is 4.98 Å². The summed E-state index contributed by atoms with van der Waals surface area (Å²) in [5, 5.41) is 9.65. The maximum atomic E-state index is 5.40. The molecule has 52 heavy (non-hydrogen) atoms. The lowest BCUT2D eigenvalue weighted by atomic mass is 9.82. The van der Waals surface area contributed by atoms with Crippen LogP contribution in [0.3, 0.4) is 0 Å². The van der Waals surface area contributed by atoms with Gasteiger partial charge in [-0.1, -0.05) is 159 Å². The largest absolute Gasteiger partial charge is 0.277 e. The van der Waals surface area contributed by atoms with Crippen molar-refractivity contribution >= 4 is 54.1 Å². The van der Waals surface area contributed by atoms with Crippen LogP contribution in [0, 0.1) is 0 Å². The van der Waals surface area contributed by atoms with Crippen molar-refractivity contribution in [3.8, 4) is 39.9 Å². The molecule has 244 valence electrons. The molecular weight excluding hydrogens is 633 g/mol. The van der Waals surface area contributed by atoms with E-state index in [4.69, 9.17) is 15.0 Å². The lowest BCUT2D eigenvalue weighted by Gasteiger charge is -2.21. The molecule has 0 aliphatic heterocycles. The Morgan fingerprint density at radius 2 is 1.06 bits per heavy atom. The van der Waals surface area contributed by atoms with Crippen molar-refractivity contribution in [3.63, 3.8) is 0 Å². The van der Waals surface area contributed by atoms with Gasteiger partial charge in [0.15, 0.2) is 11.6 Å². The minimum Gasteiger partial charge on any atom is -0.277 e. The summed E-state index contributed by atoms with van der Waals surface area (Å²) in [4.78, 5) is 15.9. The molecular formula is C48H32N4. The van der Waals surface area contributed by atoms with E-state index in [2.05, 4.69) is 158 Å². The highest BCUT2D eigenvalue weighted by Gasteiger charge is 2.35. The quantitative estimate of drug-likeness (QED) is 0.177. The molecule has 0 radical (unpaired) electrons. The lowest BCUT2D eigenvalue weighted by molar-refractivity contribution is 0.660. The van der Waals surface area contributed by atoms with Crippen molar-refractivity contribution in [2.75, 3.05) is 0 Å². The number of nitrogens with zero attached hydrogens (tertiary/aromatic N) is 4. The van der Waals surface area contributed by atoms with Gasteiger partial charge in [0.05, 0.1) is 11.0 Å². The monoisotopic (exact) mass is 664 g/mol. The van der Waals surface area contributed by atoms with Gasteiger partial charge in [0.1, 0.15) is 0 Å². The molecule has 0 spiro atoms. The highest BCUT2D eigenvalue weighted by Crippen LogP contribution is 2.50. The summed E-state index contributed by atoms with van der Waals surface area (Å²) in [5.74, 6) is 1.89. The lowest BCUT2D eigenvalue weighted by Crippen LogP contribution is -2.14. The zero-order chi connectivity index (χ0) is 34.6. The SMILES string of the molecule is CC1(C)c2ccccc2-c2cc(-c3nc(-c4ccccc4)nc(-n4c5ccc6ccccc6c5c5c6ccccc6c6ccccc6c54)n3)ccc21. The highest BCUT2D eigenvalue weighted by molar-refractivity contribution is 6.35. The fourth-order valence-corrected chi connectivity index (χ4v) is 8.81. The van der Waals surface area contributed by atoms with Gasteiger partial charge in [-0.3, -0.25) is 4.57 Å². The maximum Gasteiger partial charge on any atom is 0.238 e. The fourth-order valence-electron chi connectivity index (χ4n) is 8.81. The first-order valence-corrected chi connectivity index (χ1v) is 17.9. The van der Waals surface area contributed by atoms with E-state index in [0.29, 0.717) is 17.6 Å². The summed E-state index contributed by atoms with van der Waals surface area (Å²) in [6.45, 7) is 4.62. The Bertz CT molecular complexity index is 3100. The molecule has 0 fully saturated rings. The van der Waals surface area contributed by atoms with Crippen LogP contribution in [0.4, 0.5) is 0 Å². The molecule has 0 saturated heterocycles. The Morgan fingerprint density at radius 3 is 1.87 bits per heavy atom. The van der Waals surface area contributed by atoms with Crippen LogP contribution in [0.15, 0.2) is 158 Å². The average Bonchev–Trinajstić information content (AvgIpc) is 3.68. The van der Waals surface area contributed by atoms with Crippen molar-refractivity contribution in [1.29, 1.82) is 0 Å². The molecule has 0 N–H and O–H groups in total. The normalized spacial score (nSPS) is 13.3. The summed E-state index contributed by atoms with van der Waals surface area (Å²) in [6.07, 6.45) is 0. The van der Waals surface area contributed by atoms with Crippen molar-refractivity contribution in [1.82, 2.24) is 19.5 Å². The Kier molecular flexibility index (Phi) is 5.98. The first-order chi connectivity index (χ1) is 25.6. The number of benzene rings is 8. The summed E-state index contributed by atoms with van der Waals surface area (Å²) in [6, 6.07) is 56.4. The summed E-state index contributed by atoms with van der Waals surface area (Å²) >= 11 is 0. The zero-order valence-corrected chi connectivity index (χ0v) is 28.8. The van der Waals surface area contributed by atoms with Gasteiger partial charge in [0.2, 0.25) is 5.95 Å². The average molecular weight is 665 g/mol. The molecule has 0 bridgehead atoms. The van der Waals surface area contributed by atoms with Crippen LogP contribution >= 0.6 is 0 Å². The van der Waals surface area contributed by atoms with E-state index in [9.17, 15) is 0 Å². The second-order valence-electron chi connectivity index (χ2n) is 14.4. The number of hydrogen-bond donors (Lipinski definition) is 0. The van der Waals surface area contributed by atoms with E-state index in [1.54, 1.807) is 0 Å². The zero-order valence-electron chi connectivity index (χ0n) is 28.8. The minimum atomic E-state index is -0.0838. The predicted molar refractivity (Wildman–Crippen MR) is 215 cm³/mol. The van der Waals surface area contributed by atoms with Crippen molar-refractivity contribution in [2.45, 2.75) is 19.3 Å². The number of fused-ring (bicyclic) bond motifs is 13. The molecule has 0 atom stereocenters. The van der Waals surface area contributed by atoms with Crippen LogP contribution in [0.25, 0.3) is 94.0 Å². The molecule has 0 unspecified atom stereocenters. The topological polar surface area (TPSA) is 43.6 Å². The molecule has 8 aromatic carbocycles. The fraction of sp³-hybridized carbons (Fsp3) is 0.0625. The van der Waals surface area contributed by atoms with Gasteiger partial charge >= 0.3 is 0 Å². The molecule has 10 aromatic rings. The third-order valence-corrected chi connectivity index (χ3v) is 11.2. The van der Waals surface area contributed by atoms with E-state index >= 15 is 0 Å². The molecule has 2 aromatic heterocycles. The number of hydrogen-bond acceptors (Lipinski definition) is 3. The van der Waals surface area contributed by atoms with Crippen LogP contribution in [0.2, 0.25) is 0 Å². The summed E-state index contributed by atoms with van der Waals surface area (Å²) < 4.78 is 2.29. The first-order valence-electron chi connectivity index (χ1n) is 17.9. The molecule has 4 heteroatoms. The number of aromatic nitrogens is 4. The van der Waals surface area contributed by atoms with E-state index in [-0.39, 0.29) is 5.41 Å². The Morgan fingerprint density at radius 1 is 0.442 bits per heavy atom. The molecule has 1 aliphatic rings. The van der Waals surface area contributed by atoms with Gasteiger partial charge in [0.25, 0.3) is 0 Å². The summed E-state index contributed by atoms with van der Waals surface area (Å²) in [7, 11) is 0. The second-order valence-corrected chi connectivity index (χ2v) is 14.4. The Balaban J connectivity index is 1.28. The van der Waals surface area contributed by atoms with Crippen molar-refractivity contribution < 1.29 is 0 Å². The standard InChI is InChI=1S/C48H32N4/c1-48(2)39-23-13-12-20-35(39)38-28-31(24-26-40(38)48)46-49-45(30-15-4-3-5-16-30)50-47(51-46)52-41-27-25-29-14-6-7-17-32(29)42(41)43-36-21-10-8-18-33(36)34-19-9-11-22-37(34)44(43)52/h3-28H,1-2H3. The van der Waals surface area contributed by atoms with Gasteiger partial charge in [0, 0.05) is 32.7 Å². The Hall–Kier alpha value is -6.65. The van der Waals surface area contributed by atoms with Gasteiger partial charge in [-0.15, -0.1) is 0 Å². The molecule has 2 heterocycles. The highest BCUT2D eigenvalue weighted by atomic mass is 15.2. The third kappa shape index (κ3) is 4.00. The van der Waals surface area contributed by atoms with E-state index < -0.39 is 0 Å². The molecule has 11 rings (SSSR count). The third-order valence-electron chi connectivity index (χ3n) is 11.2. The predicted octanol–water partition coefficient (Wildman–Crippen LogP) is 12.1. The van der Waals surface area contributed by atoms with Crippen LogP contribution < -0.4 is 0 Å². The van der Waals surface area contributed by atoms with Crippen LogP contribution in [0.5, 0.6) is 0 Å². The first kappa shape index (κ1) is 29.1. The van der Waals surface area contributed by atoms with Crippen LogP contribution in [0.1, 0.15) is 25.0 Å². The van der Waals surface area contributed by atoms with E-state index in [0.717, 1.165) is 27.5 Å². The number of rotatable bonds is 3. The molecule has 4 nitrogen and oxygen atoms in total. The van der Waals surface area contributed by atoms with E-state index in [1.807, 2.05) is 18.2 Å². The van der Waals surface area contributed by atoms with Gasteiger partial charge in [-0.2, -0.15) is 9.97 Å². The van der Waals surface area contributed by atoms with Crippen LogP contribution in [-0.2, 0) is 5.41 Å². The second kappa shape index (κ2) is 10.7. The van der Waals surface area contributed by atoms with Gasteiger partial charge in [-0.05, 0) is 61.3 Å². The maximum absolute atomic E-state index is 5.40.